The predicted octanol–water partition coefficient (Wildman–Crippen LogP) is 3.36. The number of carbonyl (C=O) groups is 1. The molecule has 168 valence electrons. The summed E-state index contributed by atoms with van der Waals surface area (Å²) in [6.45, 7) is 9.69. The topological polar surface area (TPSA) is 87.7 Å². The van der Waals surface area contributed by atoms with Gasteiger partial charge in [-0.2, -0.15) is 4.31 Å². The molecule has 0 radical (unpaired) electrons. The van der Waals surface area contributed by atoms with Crippen molar-refractivity contribution in [3.8, 4) is 0 Å². The Kier molecular flexibility index (Phi) is 7.03. The lowest BCUT2D eigenvalue weighted by Gasteiger charge is -2.27. The molecular formula is C23H31N3O4S. The number of aryl methyl sites for hydroxylation is 1. The molecule has 1 amide bonds. The molecule has 0 aromatic heterocycles. The Morgan fingerprint density at radius 3 is 2.26 bits per heavy atom. The van der Waals surface area contributed by atoms with Crippen LogP contribution in [0.1, 0.15) is 31.9 Å². The van der Waals surface area contributed by atoms with Crippen LogP contribution < -0.4 is 10.6 Å². The van der Waals surface area contributed by atoms with Gasteiger partial charge in [-0.3, -0.25) is 4.79 Å². The van der Waals surface area contributed by atoms with Gasteiger partial charge in [0.1, 0.15) is 0 Å². The van der Waals surface area contributed by atoms with Crippen LogP contribution in [0.4, 0.5) is 11.4 Å². The zero-order chi connectivity index (χ0) is 22.6. The molecule has 2 aromatic rings. The molecule has 0 atom stereocenters. The number of morpholine rings is 1. The summed E-state index contributed by atoms with van der Waals surface area (Å²) in [4.78, 5) is 12.6. The fourth-order valence-corrected chi connectivity index (χ4v) is 5.01. The first-order valence-corrected chi connectivity index (χ1v) is 11.8. The monoisotopic (exact) mass is 445 g/mol. The van der Waals surface area contributed by atoms with E-state index in [9.17, 15) is 13.2 Å². The lowest BCUT2D eigenvalue weighted by Crippen LogP contribution is -2.40. The van der Waals surface area contributed by atoms with E-state index in [2.05, 4.69) is 31.4 Å². The number of benzene rings is 2. The number of sulfonamides is 1. The maximum Gasteiger partial charge on any atom is 0.243 e. The van der Waals surface area contributed by atoms with Crippen LogP contribution in [0.25, 0.3) is 0 Å². The highest BCUT2D eigenvalue weighted by Crippen LogP contribution is 2.25. The molecule has 1 heterocycles. The number of hydrogen-bond donors (Lipinski definition) is 2. The van der Waals surface area contributed by atoms with E-state index in [4.69, 9.17) is 4.74 Å². The Morgan fingerprint density at radius 2 is 1.65 bits per heavy atom. The molecule has 0 spiro atoms. The second-order valence-electron chi connectivity index (χ2n) is 8.73. The Labute approximate surface area is 184 Å². The van der Waals surface area contributed by atoms with Gasteiger partial charge in [0.25, 0.3) is 0 Å². The number of amides is 1. The number of anilines is 2. The summed E-state index contributed by atoms with van der Waals surface area (Å²) < 4.78 is 32.7. The van der Waals surface area contributed by atoms with Crippen molar-refractivity contribution in [2.75, 3.05) is 43.5 Å². The minimum Gasteiger partial charge on any atom is -0.379 e. The van der Waals surface area contributed by atoms with Gasteiger partial charge in [-0.1, -0.05) is 39.0 Å². The standard InChI is InChI=1S/C23H31N3O4S/c1-17-5-8-20(15-21(17)31(28,29)26-11-13-30-14-12-26)24-16-22(27)25-19-9-6-18(7-10-19)23(2,3)4/h5-10,15,24H,11-14,16H2,1-4H3,(H,25,27). The molecule has 1 aliphatic heterocycles. The van der Waals surface area contributed by atoms with Crippen LogP contribution in [-0.4, -0.2) is 51.5 Å². The van der Waals surface area contributed by atoms with Crippen molar-refractivity contribution in [2.45, 2.75) is 38.0 Å². The smallest absolute Gasteiger partial charge is 0.243 e. The van der Waals surface area contributed by atoms with E-state index >= 15 is 0 Å². The molecule has 2 aromatic carbocycles. The highest BCUT2D eigenvalue weighted by molar-refractivity contribution is 7.89. The number of nitrogens with zero attached hydrogens (tertiary/aromatic N) is 1. The van der Waals surface area contributed by atoms with Gasteiger partial charge in [0, 0.05) is 24.5 Å². The third-order valence-corrected chi connectivity index (χ3v) is 7.30. The normalized spacial score (nSPS) is 15.5. The fourth-order valence-electron chi connectivity index (χ4n) is 3.36. The Hall–Kier alpha value is -2.42. The second-order valence-corrected chi connectivity index (χ2v) is 10.6. The van der Waals surface area contributed by atoms with E-state index in [0.29, 0.717) is 37.6 Å². The Balaban J connectivity index is 1.64. The van der Waals surface area contributed by atoms with Gasteiger partial charge in [-0.15, -0.1) is 0 Å². The third-order valence-electron chi connectivity index (χ3n) is 5.26. The van der Waals surface area contributed by atoms with Crippen molar-refractivity contribution in [1.29, 1.82) is 0 Å². The van der Waals surface area contributed by atoms with E-state index < -0.39 is 10.0 Å². The van der Waals surface area contributed by atoms with Crippen LogP contribution in [0, 0.1) is 6.92 Å². The number of nitrogens with one attached hydrogen (secondary N) is 2. The molecule has 3 rings (SSSR count). The number of rotatable bonds is 6. The lowest BCUT2D eigenvalue weighted by atomic mass is 9.87. The molecular weight excluding hydrogens is 414 g/mol. The summed E-state index contributed by atoms with van der Waals surface area (Å²) in [6, 6.07) is 12.9. The van der Waals surface area contributed by atoms with Crippen molar-refractivity contribution in [3.05, 3.63) is 53.6 Å². The zero-order valence-electron chi connectivity index (χ0n) is 18.6. The molecule has 7 nitrogen and oxygen atoms in total. The number of ether oxygens (including phenoxy) is 1. The average Bonchev–Trinajstić information content (AvgIpc) is 2.73. The van der Waals surface area contributed by atoms with E-state index in [1.807, 2.05) is 24.3 Å². The van der Waals surface area contributed by atoms with Crippen molar-refractivity contribution in [2.24, 2.45) is 0 Å². The lowest BCUT2D eigenvalue weighted by molar-refractivity contribution is -0.114. The van der Waals surface area contributed by atoms with Crippen LogP contribution in [0.5, 0.6) is 0 Å². The first-order valence-electron chi connectivity index (χ1n) is 10.4. The molecule has 0 aliphatic carbocycles. The van der Waals surface area contributed by atoms with Gasteiger partial charge in [0.15, 0.2) is 0 Å². The maximum absolute atomic E-state index is 13.0. The Bertz CT molecular complexity index is 1020. The summed E-state index contributed by atoms with van der Waals surface area (Å²) in [6.07, 6.45) is 0. The quantitative estimate of drug-likeness (QED) is 0.712. The molecule has 1 aliphatic rings. The minimum absolute atomic E-state index is 0.0289. The van der Waals surface area contributed by atoms with E-state index in [-0.39, 0.29) is 22.8 Å². The van der Waals surface area contributed by atoms with Crippen molar-refractivity contribution >= 4 is 27.3 Å². The van der Waals surface area contributed by atoms with Gasteiger partial charge >= 0.3 is 0 Å². The van der Waals surface area contributed by atoms with Gasteiger partial charge in [0.05, 0.1) is 24.7 Å². The van der Waals surface area contributed by atoms with Gasteiger partial charge < -0.3 is 15.4 Å². The highest BCUT2D eigenvalue weighted by atomic mass is 32.2. The first-order chi connectivity index (χ1) is 14.6. The summed E-state index contributed by atoms with van der Waals surface area (Å²) in [5, 5.41) is 5.88. The molecule has 2 N–H and O–H groups in total. The summed E-state index contributed by atoms with van der Waals surface area (Å²) in [7, 11) is -3.61. The van der Waals surface area contributed by atoms with Crippen LogP contribution in [-0.2, 0) is 25.0 Å². The van der Waals surface area contributed by atoms with Crippen LogP contribution in [0.2, 0.25) is 0 Å². The maximum atomic E-state index is 13.0. The average molecular weight is 446 g/mol. The van der Waals surface area contributed by atoms with Gasteiger partial charge in [-0.25, -0.2) is 8.42 Å². The van der Waals surface area contributed by atoms with E-state index in [1.54, 1.807) is 25.1 Å². The van der Waals surface area contributed by atoms with Crippen molar-refractivity contribution < 1.29 is 17.9 Å². The second kappa shape index (κ2) is 9.38. The molecule has 0 unspecified atom stereocenters. The summed E-state index contributed by atoms with van der Waals surface area (Å²) in [5.74, 6) is -0.207. The number of carbonyl (C=O) groups excluding carboxylic acids is 1. The zero-order valence-corrected chi connectivity index (χ0v) is 19.4. The summed E-state index contributed by atoms with van der Waals surface area (Å²) in [5.41, 5.74) is 3.21. The van der Waals surface area contributed by atoms with Gasteiger partial charge in [0.2, 0.25) is 15.9 Å². The first kappa shape index (κ1) is 23.2. The van der Waals surface area contributed by atoms with Crippen molar-refractivity contribution in [1.82, 2.24) is 4.31 Å². The van der Waals surface area contributed by atoms with Crippen LogP contribution in [0.3, 0.4) is 0 Å². The SMILES string of the molecule is Cc1ccc(NCC(=O)Nc2ccc(C(C)(C)C)cc2)cc1S(=O)(=O)N1CCOCC1. The van der Waals surface area contributed by atoms with E-state index in [0.717, 1.165) is 5.69 Å². The van der Waals surface area contributed by atoms with Crippen LogP contribution >= 0.6 is 0 Å². The molecule has 31 heavy (non-hydrogen) atoms. The summed E-state index contributed by atoms with van der Waals surface area (Å²) >= 11 is 0. The third kappa shape index (κ3) is 5.84. The Morgan fingerprint density at radius 1 is 1.03 bits per heavy atom. The molecule has 1 fully saturated rings. The molecule has 0 saturated carbocycles. The molecule has 1 saturated heterocycles. The molecule has 8 heteroatoms. The van der Waals surface area contributed by atoms with Crippen molar-refractivity contribution in [3.63, 3.8) is 0 Å². The van der Waals surface area contributed by atoms with E-state index in [1.165, 1.54) is 9.87 Å². The fraction of sp³-hybridized carbons (Fsp3) is 0.435. The predicted molar refractivity (Wildman–Crippen MR) is 123 cm³/mol. The number of hydrogen-bond acceptors (Lipinski definition) is 5. The van der Waals surface area contributed by atoms with Crippen LogP contribution in [0.15, 0.2) is 47.4 Å². The van der Waals surface area contributed by atoms with Gasteiger partial charge in [-0.05, 0) is 47.7 Å². The molecule has 0 bridgehead atoms. The largest absolute Gasteiger partial charge is 0.379 e. The minimum atomic E-state index is -3.61. The highest BCUT2D eigenvalue weighted by Gasteiger charge is 2.28.